The Morgan fingerprint density at radius 2 is 1.58 bits per heavy atom. The molecule has 3 aliphatic heterocycles. The zero-order valence-corrected chi connectivity index (χ0v) is 38.7. The number of ether oxygens (including phenoxy) is 4. The molecule has 71 heavy (non-hydrogen) atoms. The predicted octanol–water partition coefficient (Wildman–Crippen LogP) is 6.06. The van der Waals surface area contributed by atoms with Crippen LogP contribution in [0.4, 0.5) is 10.5 Å². The Balaban J connectivity index is 1.23. The molecule has 6 atom stereocenters. The largest absolute Gasteiger partial charge is 0.491 e. The number of hydrogen-bond acceptors (Lipinski definition) is 13. The number of pyridine rings is 1. The van der Waals surface area contributed by atoms with Crippen molar-refractivity contribution in [3.05, 3.63) is 185 Å². The normalized spacial score (nSPS) is 21.3. The van der Waals surface area contributed by atoms with Crippen molar-refractivity contribution in [3.63, 3.8) is 0 Å². The average molecular weight is 952 g/mol. The van der Waals surface area contributed by atoms with E-state index in [1.807, 2.05) is 102 Å². The van der Waals surface area contributed by atoms with Crippen molar-refractivity contribution in [2.24, 2.45) is 5.92 Å². The van der Waals surface area contributed by atoms with Crippen LogP contribution in [-0.2, 0) is 47.0 Å². The highest BCUT2D eigenvalue weighted by molar-refractivity contribution is 6.23. The number of nitrogens with one attached hydrogen (secondary N) is 1. The minimum absolute atomic E-state index is 0.0438. The summed E-state index contributed by atoms with van der Waals surface area (Å²) in [6.07, 6.45) is 0.0394. The minimum Gasteiger partial charge on any atom is -0.491 e. The number of amides is 3. The van der Waals surface area contributed by atoms with Crippen LogP contribution in [-0.4, -0.2) is 100.0 Å². The van der Waals surface area contributed by atoms with Crippen LogP contribution < -0.4 is 15.0 Å². The molecule has 0 aliphatic carbocycles. The molecule has 3 amide bonds. The first kappa shape index (κ1) is 46.5. The molecule has 2 N–H and O–H groups in total. The summed E-state index contributed by atoms with van der Waals surface area (Å²) in [7, 11) is 1.46. The van der Waals surface area contributed by atoms with Crippen LogP contribution in [0, 0.1) is 17.8 Å². The van der Waals surface area contributed by atoms with E-state index in [0.717, 1.165) is 16.0 Å². The first-order valence-corrected chi connectivity index (χ1v) is 23.3. The number of esters is 1. The summed E-state index contributed by atoms with van der Waals surface area (Å²) in [4.78, 5) is 69.7. The van der Waals surface area contributed by atoms with Gasteiger partial charge in [0.2, 0.25) is 11.8 Å². The van der Waals surface area contributed by atoms with E-state index in [1.165, 1.54) is 7.11 Å². The molecule has 0 saturated carbocycles. The molecule has 2 saturated heterocycles. The summed E-state index contributed by atoms with van der Waals surface area (Å²) < 4.78 is 25.5. The summed E-state index contributed by atoms with van der Waals surface area (Å²) in [6, 6.07) is 40.4. The van der Waals surface area contributed by atoms with Crippen molar-refractivity contribution in [3.8, 4) is 17.6 Å². The van der Waals surface area contributed by atoms with Gasteiger partial charge >= 0.3 is 12.1 Å². The summed E-state index contributed by atoms with van der Waals surface area (Å²) in [5.74, 6) is 2.96. The Morgan fingerprint density at radius 3 is 2.35 bits per heavy atom. The molecule has 0 bridgehead atoms. The third kappa shape index (κ3) is 8.54. The number of benzene rings is 5. The highest BCUT2D eigenvalue weighted by Gasteiger charge is 2.76. The zero-order chi connectivity index (χ0) is 48.9. The molecule has 1 spiro atoms. The topological polar surface area (TPSA) is 188 Å². The summed E-state index contributed by atoms with van der Waals surface area (Å²) >= 11 is 0. The van der Waals surface area contributed by atoms with E-state index < -0.39 is 59.4 Å². The number of carbonyl (C=O) groups excluding carboxylic acids is 4. The number of morpholine rings is 1. The predicted molar refractivity (Wildman–Crippen MR) is 260 cm³/mol. The van der Waals surface area contributed by atoms with Crippen LogP contribution in [0.5, 0.6) is 5.75 Å². The van der Waals surface area contributed by atoms with Crippen LogP contribution in [0.25, 0.3) is 11.0 Å². The fraction of sp³-hybridized carbons (Fsp3) is 0.255. The van der Waals surface area contributed by atoms with Crippen LogP contribution in [0.1, 0.15) is 51.7 Å². The third-order valence-corrected chi connectivity index (χ3v) is 13.3. The lowest BCUT2D eigenvalue weighted by atomic mass is 9.65. The number of imide groups is 1. The number of methoxy groups -OCH3 is 1. The van der Waals surface area contributed by atoms with Crippen molar-refractivity contribution in [2.45, 2.75) is 42.6 Å². The lowest BCUT2D eigenvalue weighted by molar-refractivity contribution is -0.178. The van der Waals surface area contributed by atoms with Gasteiger partial charge in [-0.3, -0.25) is 24.3 Å². The van der Waals surface area contributed by atoms with Crippen molar-refractivity contribution in [2.75, 3.05) is 45.0 Å². The van der Waals surface area contributed by atoms with Gasteiger partial charge in [-0.2, -0.15) is 0 Å². The molecule has 16 heteroatoms. The van der Waals surface area contributed by atoms with Crippen molar-refractivity contribution in [1.29, 1.82) is 0 Å². The Bertz CT molecular complexity index is 3140. The van der Waals surface area contributed by atoms with E-state index in [2.05, 4.69) is 32.5 Å². The molecule has 0 radical (unpaired) electrons. The molecular weight excluding hydrogens is 903 g/mol. The SMILES string of the molecule is COCCOC(=O)N1C(=O)[C@@]2(c3cc(C#CCn4nnc5ccccc54)ccc31)[C@H](c1ccccc1OCCO)N1[C@H](c3ccccc3)[C@H](c3ccccc3)OC(=O)[C@H]1[C@@H]2C(=O)NCCc1ccccn1. The Hall–Kier alpha value is -8.23. The van der Waals surface area contributed by atoms with Crippen LogP contribution in [0.15, 0.2) is 152 Å². The van der Waals surface area contributed by atoms with Gasteiger partial charge in [-0.1, -0.05) is 114 Å². The van der Waals surface area contributed by atoms with Gasteiger partial charge in [-0.15, -0.1) is 5.10 Å². The first-order valence-electron chi connectivity index (χ1n) is 23.3. The van der Waals surface area contributed by atoms with E-state index in [1.54, 1.807) is 59.4 Å². The highest BCUT2D eigenvalue weighted by Crippen LogP contribution is 2.66. The minimum atomic E-state index is -2.11. The van der Waals surface area contributed by atoms with E-state index in [-0.39, 0.29) is 56.5 Å². The van der Waals surface area contributed by atoms with E-state index in [0.29, 0.717) is 34.3 Å². The first-order chi connectivity index (χ1) is 34.8. The van der Waals surface area contributed by atoms with E-state index in [9.17, 15) is 9.90 Å². The molecule has 10 rings (SSSR count). The fourth-order valence-electron chi connectivity index (χ4n) is 10.4. The van der Waals surface area contributed by atoms with Crippen LogP contribution in [0.2, 0.25) is 0 Å². The molecule has 3 aliphatic rings. The van der Waals surface area contributed by atoms with E-state index >= 15 is 14.4 Å². The molecule has 16 nitrogen and oxygen atoms in total. The molecule has 2 aromatic heterocycles. The number of carbonyl (C=O) groups is 4. The number of rotatable bonds is 14. The monoisotopic (exact) mass is 951 g/mol. The number of aliphatic hydroxyl groups is 1. The second-order valence-electron chi connectivity index (χ2n) is 17.3. The fourth-order valence-corrected chi connectivity index (χ4v) is 10.4. The highest BCUT2D eigenvalue weighted by atomic mass is 16.6. The zero-order valence-electron chi connectivity index (χ0n) is 38.7. The number of nitrogens with zero attached hydrogens (tertiary/aromatic N) is 6. The molecule has 0 unspecified atom stereocenters. The van der Waals surface area contributed by atoms with Crippen molar-refractivity contribution in [1.82, 2.24) is 30.2 Å². The van der Waals surface area contributed by atoms with Gasteiger partial charge in [0.25, 0.3) is 0 Å². The van der Waals surface area contributed by atoms with Gasteiger partial charge in [0.1, 0.15) is 48.6 Å². The van der Waals surface area contributed by atoms with Gasteiger partial charge in [0.05, 0.1) is 42.4 Å². The maximum Gasteiger partial charge on any atom is 0.421 e. The number of cyclic esters (lactones) is 1. The smallest absolute Gasteiger partial charge is 0.421 e. The standard InChI is InChI=1S/C55H49N7O9/c1-68-33-34-70-54(67)61-43-26-25-36(15-14-30-60-44-23-10-9-22-42(44)58-59-60)35-41(43)55(53(61)66)46(51(64)57-29-27-39-20-12-13-28-56-39)48-52(65)71-49(38-18-6-3-7-19-38)47(37-16-4-2-5-17-37)62(48)50(55)40-21-8-11-24-45(40)69-32-31-63/h2-13,16-26,28,35,46-50,63H,27,29-34H2,1H3,(H,57,64)/t46-,47-,48-,49+,50+,55-/m1/s1. The van der Waals surface area contributed by atoms with Gasteiger partial charge in [-0.25, -0.2) is 14.4 Å². The van der Waals surface area contributed by atoms with Crippen LogP contribution in [0.3, 0.4) is 0 Å². The number of aliphatic hydroxyl groups excluding tert-OH is 1. The van der Waals surface area contributed by atoms with Gasteiger partial charge in [0, 0.05) is 43.1 Å². The van der Waals surface area contributed by atoms with Gasteiger partial charge in [-0.05, 0) is 65.2 Å². The van der Waals surface area contributed by atoms with Crippen molar-refractivity contribution < 1.29 is 43.2 Å². The summed E-state index contributed by atoms with van der Waals surface area (Å²) in [5.41, 5.74) is 2.77. The van der Waals surface area contributed by atoms with Crippen molar-refractivity contribution >= 4 is 40.6 Å². The number of hydrogen-bond donors (Lipinski definition) is 2. The summed E-state index contributed by atoms with van der Waals surface area (Å²) in [5, 5.41) is 21.8. The maximum absolute atomic E-state index is 16.5. The average Bonchev–Trinajstić information content (AvgIpc) is 4.05. The molecule has 5 heterocycles. The molecule has 2 fully saturated rings. The quantitative estimate of drug-likeness (QED) is 0.0729. The molecule has 5 aromatic carbocycles. The lowest BCUT2D eigenvalue weighted by Gasteiger charge is -2.46. The Morgan fingerprint density at radius 1 is 0.831 bits per heavy atom. The second kappa shape index (κ2) is 20.4. The Kier molecular flexibility index (Phi) is 13.4. The molecule has 7 aromatic rings. The number of anilines is 1. The maximum atomic E-state index is 16.5. The number of fused-ring (bicyclic) bond motifs is 4. The number of para-hydroxylation sites is 2. The lowest BCUT2D eigenvalue weighted by Crippen LogP contribution is -2.56. The number of aromatic nitrogens is 4. The van der Waals surface area contributed by atoms with Gasteiger partial charge < -0.3 is 29.4 Å². The third-order valence-electron chi connectivity index (χ3n) is 13.3. The molecular formula is C55H49N7O9. The van der Waals surface area contributed by atoms with E-state index in [4.69, 9.17) is 18.9 Å². The Labute approximate surface area is 409 Å². The second-order valence-corrected chi connectivity index (χ2v) is 17.3. The van der Waals surface area contributed by atoms with Crippen LogP contribution >= 0.6 is 0 Å². The van der Waals surface area contributed by atoms with Gasteiger partial charge in [0.15, 0.2) is 0 Å². The summed E-state index contributed by atoms with van der Waals surface area (Å²) in [6.45, 7) is -0.328. The molecule has 358 valence electrons.